The van der Waals surface area contributed by atoms with E-state index in [2.05, 4.69) is 35.5 Å². The van der Waals surface area contributed by atoms with Crippen LogP contribution in [0.15, 0.2) is 36.5 Å². The van der Waals surface area contributed by atoms with Crippen LogP contribution in [0.4, 0.5) is 0 Å². The molecule has 0 bridgehead atoms. The van der Waals surface area contributed by atoms with E-state index in [4.69, 9.17) is 10.2 Å². The van der Waals surface area contributed by atoms with Crippen molar-refractivity contribution in [1.82, 2.24) is 16.0 Å². The molecule has 0 aromatic heterocycles. The van der Waals surface area contributed by atoms with Crippen molar-refractivity contribution in [3.05, 3.63) is 36.5 Å². The normalized spacial score (nSPS) is 13.6. The van der Waals surface area contributed by atoms with Gasteiger partial charge in [-0.3, -0.25) is 34.1 Å². The van der Waals surface area contributed by atoms with Crippen LogP contribution in [0.25, 0.3) is 0 Å². The van der Waals surface area contributed by atoms with Gasteiger partial charge in [0.05, 0.1) is 0 Å². The van der Waals surface area contributed by atoms with Crippen LogP contribution in [0.1, 0.15) is 84.0 Å². The number of allylic oxidation sites excluding steroid dienone is 5. The van der Waals surface area contributed by atoms with Gasteiger partial charge in [0, 0.05) is 37.5 Å². The summed E-state index contributed by atoms with van der Waals surface area (Å²) in [4.78, 5) is 70.4. The van der Waals surface area contributed by atoms with Gasteiger partial charge in [0.1, 0.15) is 24.4 Å². The van der Waals surface area contributed by atoms with Gasteiger partial charge in [-0.1, -0.05) is 56.2 Å². The average molecular weight is 626 g/mol. The largest absolute Gasteiger partial charge is 0.481 e. The Morgan fingerprint density at radius 2 is 1.51 bits per heavy atom. The molecule has 0 aliphatic rings. The molecule has 0 heterocycles. The minimum Gasteiger partial charge on any atom is -0.481 e. The van der Waals surface area contributed by atoms with Gasteiger partial charge in [0.2, 0.25) is 11.8 Å². The number of Topliss-reactive ketones (excluding diaryl/α,β-unsaturated/α-hetero) is 1. The fraction of sp³-hybridized carbons (Fsp3) is 0.600. The molecule has 242 valence electrons. The van der Waals surface area contributed by atoms with Crippen molar-refractivity contribution >= 4 is 48.1 Å². The van der Waals surface area contributed by atoms with Gasteiger partial charge in [-0.25, -0.2) is 0 Å². The highest BCUT2D eigenvalue weighted by atomic mass is 32.1. The van der Waals surface area contributed by atoms with Crippen LogP contribution in [-0.4, -0.2) is 81.2 Å². The number of carboxylic acids is 3. The van der Waals surface area contributed by atoms with E-state index in [0.717, 1.165) is 25.7 Å². The summed E-state index contributed by atoms with van der Waals surface area (Å²) in [7, 11) is 0. The highest BCUT2D eigenvalue weighted by Crippen LogP contribution is 2.08. The highest BCUT2D eigenvalue weighted by Gasteiger charge is 2.24. The number of unbranched alkanes of at least 4 members (excludes halogenated alkanes) is 4. The number of rotatable bonds is 26. The van der Waals surface area contributed by atoms with Crippen molar-refractivity contribution in [1.29, 1.82) is 0 Å². The van der Waals surface area contributed by atoms with Crippen LogP contribution in [0, 0.1) is 0 Å². The van der Waals surface area contributed by atoms with E-state index in [-0.39, 0.29) is 43.6 Å². The first-order valence-electron chi connectivity index (χ1n) is 14.6. The number of carboxylic acid groups (broad SMARTS) is 3. The molecule has 3 unspecified atom stereocenters. The summed E-state index contributed by atoms with van der Waals surface area (Å²) in [5.41, 5.74) is 0. The molecule has 0 spiro atoms. The molecule has 0 fully saturated rings. The highest BCUT2D eigenvalue weighted by molar-refractivity contribution is 7.80. The van der Waals surface area contributed by atoms with Crippen molar-refractivity contribution in [3.8, 4) is 0 Å². The molecule has 12 nitrogen and oxygen atoms in total. The molecule has 0 radical (unpaired) electrons. The Morgan fingerprint density at radius 3 is 2.14 bits per heavy atom. The van der Waals surface area contributed by atoms with Gasteiger partial charge in [-0.05, 0) is 38.5 Å². The molecule has 0 aromatic rings. The molecule has 0 saturated carbocycles. The summed E-state index contributed by atoms with van der Waals surface area (Å²) in [5.74, 6) is -4.81. The lowest BCUT2D eigenvalue weighted by Crippen LogP contribution is -2.49. The van der Waals surface area contributed by atoms with Crippen LogP contribution in [0.3, 0.4) is 0 Å². The number of hydrogen-bond acceptors (Lipinski definition) is 8. The standard InChI is InChI=1S/C30H47N3O9S/c1-2-3-4-5-9-12-15-23(34)19-22(14-11-8-6-7-10-13-16-27(36)37)32-24(30(41)42)17-18-26(35)33-25(21-43)29(40)31-20-28(38)39/h6-7,9,11-12,14,22,24-25,32,43H,2-5,8,10,13,15-21H2,1H3,(H,31,40)(H,33,35)(H,36,37)(H,38,39)(H,41,42). The van der Waals surface area contributed by atoms with Crippen LogP contribution in [-0.2, 0) is 28.8 Å². The number of aliphatic carboxylic acids is 3. The molecule has 0 aliphatic carbocycles. The molecule has 13 heteroatoms. The topological polar surface area (TPSA) is 199 Å². The lowest BCUT2D eigenvalue weighted by Gasteiger charge is -2.21. The Kier molecular flexibility index (Phi) is 23.1. The second-order valence-electron chi connectivity index (χ2n) is 9.95. The van der Waals surface area contributed by atoms with Gasteiger partial charge >= 0.3 is 17.9 Å². The molecule has 2 amide bonds. The summed E-state index contributed by atoms with van der Waals surface area (Å²) in [6.45, 7) is 1.50. The zero-order chi connectivity index (χ0) is 32.5. The summed E-state index contributed by atoms with van der Waals surface area (Å²) < 4.78 is 0. The van der Waals surface area contributed by atoms with Crippen molar-refractivity contribution in [2.45, 2.75) is 102 Å². The van der Waals surface area contributed by atoms with Gasteiger partial charge in [-0.2, -0.15) is 12.6 Å². The summed E-state index contributed by atoms with van der Waals surface area (Å²) >= 11 is 4.01. The zero-order valence-electron chi connectivity index (χ0n) is 24.8. The fourth-order valence-electron chi connectivity index (χ4n) is 3.82. The van der Waals surface area contributed by atoms with Gasteiger partial charge in [-0.15, -0.1) is 0 Å². The van der Waals surface area contributed by atoms with Gasteiger partial charge < -0.3 is 26.0 Å². The van der Waals surface area contributed by atoms with Gasteiger partial charge in [0.15, 0.2) is 0 Å². The van der Waals surface area contributed by atoms with Crippen LogP contribution in [0.2, 0.25) is 0 Å². The third-order valence-electron chi connectivity index (χ3n) is 6.12. The fourth-order valence-corrected chi connectivity index (χ4v) is 4.08. The van der Waals surface area contributed by atoms with E-state index < -0.39 is 54.4 Å². The van der Waals surface area contributed by atoms with E-state index >= 15 is 0 Å². The molecular weight excluding hydrogens is 578 g/mol. The second-order valence-corrected chi connectivity index (χ2v) is 10.3. The first kappa shape index (κ1) is 39.5. The zero-order valence-corrected chi connectivity index (χ0v) is 25.7. The van der Waals surface area contributed by atoms with Gasteiger partial charge in [0.25, 0.3) is 0 Å². The SMILES string of the molecule is CCCCCC=CCC(=O)CC(C=CCC=CCCCC(=O)O)NC(CCC(=O)NC(CS)C(=O)NCC(=O)O)C(=O)O. The van der Waals surface area contributed by atoms with Crippen molar-refractivity contribution in [2.75, 3.05) is 12.3 Å². The quantitative estimate of drug-likeness (QED) is 0.0426. The van der Waals surface area contributed by atoms with E-state index in [1.54, 1.807) is 12.2 Å². The minimum atomic E-state index is -1.25. The van der Waals surface area contributed by atoms with Crippen LogP contribution < -0.4 is 16.0 Å². The first-order valence-corrected chi connectivity index (χ1v) is 15.2. The number of carbonyl (C=O) groups is 6. The summed E-state index contributed by atoms with van der Waals surface area (Å²) in [5, 5.41) is 34.7. The maximum Gasteiger partial charge on any atom is 0.322 e. The number of amides is 2. The van der Waals surface area contributed by atoms with Crippen molar-refractivity contribution < 1.29 is 44.1 Å². The molecule has 3 atom stereocenters. The Labute approximate surface area is 258 Å². The number of carbonyl (C=O) groups excluding carboxylic acids is 3. The monoisotopic (exact) mass is 625 g/mol. The second kappa shape index (κ2) is 25.1. The minimum absolute atomic E-state index is 0.0412. The third-order valence-corrected chi connectivity index (χ3v) is 6.49. The number of thiol groups is 1. The van der Waals surface area contributed by atoms with Crippen LogP contribution in [0.5, 0.6) is 0 Å². The maximum atomic E-state index is 12.7. The average Bonchev–Trinajstić information content (AvgIpc) is 2.95. The Balaban J connectivity index is 5.23. The Morgan fingerprint density at radius 1 is 0.814 bits per heavy atom. The van der Waals surface area contributed by atoms with E-state index in [1.165, 1.54) is 0 Å². The Hall–Kier alpha value is -3.45. The smallest absolute Gasteiger partial charge is 0.322 e. The molecule has 0 aliphatic heterocycles. The lowest BCUT2D eigenvalue weighted by molar-refractivity contribution is -0.140. The van der Waals surface area contributed by atoms with Crippen molar-refractivity contribution in [3.63, 3.8) is 0 Å². The third kappa shape index (κ3) is 22.8. The van der Waals surface area contributed by atoms with Crippen molar-refractivity contribution in [2.24, 2.45) is 0 Å². The molecule has 0 rings (SSSR count). The van der Waals surface area contributed by atoms with Crippen LogP contribution >= 0.6 is 12.6 Å². The molecule has 6 N–H and O–H groups in total. The lowest BCUT2D eigenvalue weighted by atomic mass is 10.0. The predicted molar refractivity (Wildman–Crippen MR) is 166 cm³/mol. The number of nitrogens with one attached hydrogen (secondary N) is 3. The molecule has 0 aromatic carbocycles. The first-order chi connectivity index (χ1) is 20.5. The summed E-state index contributed by atoms with van der Waals surface area (Å²) in [6.07, 6.45) is 16.8. The van der Waals surface area contributed by atoms with E-state index in [9.17, 15) is 33.9 Å². The Bertz CT molecular complexity index is 982. The molecule has 0 saturated heterocycles. The number of hydrogen-bond donors (Lipinski definition) is 7. The molecular formula is C30H47N3O9S. The van der Waals surface area contributed by atoms with E-state index in [1.807, 2.05) is 24.3 Å². The van der Waals surface area contributed by atoms with E-state index in [0.29, 0.717) is 19.3 Å². The maximum absolute atomic E-state index is 12.7. The molecule has 43 heavy (non-hydrogen) atoms. The predicted octanol–water partition coefficient (Wildman–Crippen LogP) is 3.04. The number of ketones is 1. The summed E-state index contributed by atoms with van der Waals surface area (Å²) in [6, 6.07) is -2.87.